The molecule has 0 unspecified atom stereocenters. The molecule has 0 aliphatic rings. The van der Waals surface area contributed by atoms with E-state index in [0.717, 1.165) is 0 Å². The topological polar surface area (TPSA) is 89.0 Å². The van der Waals surface area contributed by atoms with Gasteiger partial charge in [-0.25, -0.2) is 4.79 Å². The summed E-state index contributed by atoms with van der Waals surface area (Å²) in [5.74, 6) is 0. The third-order valence-corrected chi connectivity index (χ3v) is 0. The van der Waals surface area contributed by atoms with Crippen molar-refractivity contribution in [1.29, 1.82) is 0 Å². The van der Waals surface area contributed by atoms with Crippen molar-refractivity contribution in [2.24, 2.45) is 0 Å². The minimum Gasteiger partial charge on any atom is -1.00 e. The number of rotatable bonds is 0. The molecule has 0 aromatic rings. The second-order valence-electron chi connectivity index (χ2n) is 0.283. The summed E-state index contributed by atoms with van der Waals surface area (Å²) in [6.45, 7) is 0. The Kier molecular flexibility index (Phi) is 57.2. The Morgan fingerprint density at radius 1 is 1.43 bits per heavy atom. The van der Waals surface area contributed by atoms with Gasteiger partial charge in [0.2, 0.25) is 0 Å². The largest absolute Gasteiger partial charge is 1.00 e. The van der Waals surface area contributed by atoms with Crippen molar-refractivity contribution in [2.75, 3.05) is 0 Å². The summed E-state index contributed by atoms with van der Waals surface area (Å²) >= 11 is 0. The van der Waals surface area contributed by atoms with E-state index >= 15 is 0 Å². The second kappa shape index (κ2) is 15.9. The summed E-state index contributed by atoms with van der Waals surface area (Å²) in [5, 5.41) is 13.9. The molecular weight excluding hydrogens is 158 g/mol. The Labute approximate surface area is 73.9 Å². The normalized spacial score (nSPS) is 3.43. The molecule has 0 spiro atoms. The molecule has 0 saturated heterocycles. The van der Waals surface area contributed by atoms with E-state index in [4.69, 9.17) is 15.0 Å². The van der Waals surface area contributed by atoms with Gasteiger partial charge in [0, 0.05) is 16.5 Å². The van der Waals surface area contributed by atoms with E-state index in [2.05, 4.69) is 0 Å². The van der Waals surface area contributed by atoms with Crippen molar-refractivity contribution in [3.63, 3.8) is 0 Å². The maximum Gasteiger partial charge on any atom is 1.00 e. The summed E-state index contributed by atoms with van der Waals surface area (Å²) in [6.07, 6.45) is -1.83. The third kappa shape index (κ3) is 287. The number of carbonyl (C=O) groups is 1. The van der Waals surface area contributed by atoms with Crippen LogP contribution in [0.4, 0.5) is 4.79 Å². The van der Waals surface area contributed by atoms with Crippen LogP contribution in [0.3, 0.4) is 0 Å². The van der Waals surface area contributed by atoms with Crippen LogP contribution < -0.4 is 29.6 Å². The molecule has 0 aliphatic carbocycles. The van der Waals surface area contributed by atoms with Gasteiger partial charge < -0.3 is 17.1 Å². The van der Waals surface area contributed by atoms with Crippen molar-refractivity contribution < 1.29 is 68.0 Å². The number of hydrogen-bond donors (Lipinski definition) is 2. The first-order valence-corrected chi connectivity index (χ1v) is 0.651. The Morgan fingerprint density at radius 2 is 1.43 bits per heavy atom. The molecule has 4 nitrogen and oxygen atoms in total. The van der Waals surface area contributed by atoms with Crippen LogP contribution in [-0.2, 0) is 16.5 Å². The van der Waals surface area contributed by atoms with E-state index in [9.17, 15) is 0 Å². The zero-order valence-corrected chi connectivity index (χ0v) is 6.61. The van der Waals surface area contributed by atoms with E-state index in [1.165, 1.54) is 0 Å². The first-order valence-electron chi connectivity index (χ1n) is 0.651. The molecule has 0 amide bonds. The fraction of sp³-hybridized carbons (Fsp3) is 0. The molecule has 4 N–H and O–H groups in total. The predicted molar refractivity (Wildman–Crippen MR) is 15.4 cm³/mol. The Bertz CT molecular complexity index is 39.0. The van der Waals surface area contributed by atoms with Gasteiger partial charge in [-0.15, -0.1) is 0 Å². The number of carboxylic acid groups (broad SMARTS) is 2. The van der Waals surface area contributed by atoms with Gasteiger partial charge in [-0.1, -0.05) is 0 Å². The van der Waals surface area contributed by atoms with Gasteiger partial charge in [0.15, 0.2) is 0 Å². The average molecular weight is 163 g/mol. The average Bonchev–Trinajstić information content (AvgIpc) is 0.811. The standard InChI is InChI=1S/CH2O3.Na.Ni.H2O.H/c2-1(3)4;;;;/h(H2,2,3,4);;;1H2;/q;+1;;;-1. The Balaban J connectivity index is -0.00000000750. The van der Waals surface area contributed by atoms with Crippen molar-refractivity contribution in [3.05, 3.63) is 0 Å². The smallest absolute Gasteiger partial charge is 1.00 e. The Hall–Kier alpha value is 0.724. The zero-order valence-electron chi connectivity index (χ0n) is 4.62. The van der Waals surface area contributed by atoms with Crippen LogP contribution >= 0.6 is 0 Å². The van der Waals surface area contributed by atoms with E-state index in [1.807, 2.05) is 0 Å². The van der Waals surface area contributed by atoms with Gasteiger partial charge in [-0.3, -0.25) is 0 Å². The van der Waals surface area contributed by atoms with E-state index in [0.29, 0.717) is 0 Å². The van der Waals surface area contributed by atoms with Gasteiger partial charge in [0.1, 0.15) is 0 Å². The van der Waals surface area contributed by atoms with E-state index in [1.54, 1.807) is 0 Å². The second-order valence-corrected chi connectivity index (χ2v) is 0.283. The summed E-state index contributed by atoms with van der Waals surface area (Å²) in [6, 6.07) is 0. The van der Waals surface area contributed by atoms with Gasteiger partial charge in [-0.05, 0) is 0 Å². The Morgan fingerprint density at radius 3 is 1.43 bits per heavy atom. The fourth-order valence-corrected chi connectivity index (χ4v) is 0. The first kappa shape index (κ1) is 25.2. The van der Waals surface area contributed by atoms with Crippen molar-refractivity contribution in [2.45, 2.75) is 0 Å². The van der Waals surface area contributed by atoms with Crippen LogP contribution in [0.2, 0.25) is 0 Å². The van der Waals surface area contributed by atoms with Crippen LogP contribution in [0.25, 0.3) is 0 Å². The molecule has 0 fully saturated rings. The molecule has 44 valence electrons. The molecule has 0 aliphatic heterocycles. The first-order chi connectivity index (χ1) is 1.73. The number of hydrogen-bond acceptors (Lipinski definition) is 1. The summed E-state index contributed by atoms with van der Waals surface area (Å²) in [4.78, 5) is 8.56. The van der Waals surface area contributed by atoms with Crippen LogP contribution in [0.5, 0.6) is 0 Å². The van der Waals surface area contributed by atoms with Crippen molar-refractivity contribution in [3.8, 4) is 0 Å². The van der Waals surface area contributed by atoms with E-state index < -0.39 is 6.16 Å². The molecule has 7 heavy (non-hydrogen) atoms. The molecule has 6 heteroatoms. The summed E-state index contributed by atoms with van der Waals surface area (Å²) in [7, 11) is 0. The molecular formula is CH5NaNiO4. The van der Waals surface area contributed by atoms with Crippen LogP contribution in [-0.4, -0.2) is 21.8 Å². The molecule has 0 atom stereocenters. The van der Waals surface area contributed by atoms with Crippen molar-refractivity contribution >= 4 is 6.16 Å². The van der Waals surface area contributed by atoms with Crippen molar-refractivity contribution in [1.82, 2.24) is 0 Å². The summed E-state index contributed by atoms with van der Waals surface area (Å²) < 4.78 is 0. The molecule has 0 rings (SSSR count). The van der Waals surface area contributed by atoms with Crippen LogP contribution in [0, 0.1) is 0 Å². The molecule has 0 aromatic carbocycles. The SMILES string of the molecule is O.O=C(O)O.[H-].[Na+].[Ni]. The maximum atomic E-state index is 8.56. The third-order valence-electron chi connectivity index (χ3n) is 0. The molecule has 0 saturated carbocycles. The molecule has 0 aromatic heterocycles. The predicted octanol–water partition coefficient (Wildman–Crippen LogP) is -3.49. The van der Waals surface area contributed by atoms with E-state index in [-0.39, 0.29) is 53.0 Å². The monoisotopic (exact) mass is 162 g/mol. The van der Waals surface area contributed by atoms with Gasteiger partial charge in [0.05, 0.1) is 0 Å². The minimum absolute atomic E-state index is 0. The quantitative estimate of drug-likeness (QED) is 0.363. The fourth-order valence-electron chi connectivity index (χ4n) is 0. The zero-order chi connectivity index (χ0) is 3.58. The molecule has 0 bridgehead atoms. The maximum absolute atomic E-state index is 8.56. The summed E-state index contributed by atoms with van der Waals surface area (Å²) in [5.41, 5.74) is 0. The molecule has 0 radical (unpaired) electrons. The van der Waals surface area contributed by atoms with Gasteiger partial charge in [-0.2, -0.15) is 0 Å². The van der Waals surface area contributed by atoms with Gasteiger partial charge >= 0.3 is 35.7 Å². The minimum atomic E-state index is -1.83. The van der Waals surface area contributed by atoms with Gasteiger partial charge in [0.25, 0.3) is 0 Å². The van der Waals surface area contributed by atoms with Crippen LogP contribution in [0.1, 0.15) is 1.43 Å². The molecule has 0 heterocycles. The van der Waals surface area contributed by atoms with Crippen LogP contribution in [0.15, 0.2) is 0 Å².